The van der Waals surface area contributed by atoms with Gasteiger partial charge in [0.05, 0.1) is 0 Å². The Morgan fingerprint density at radius 1 is 1.25 bits per heavy atom. The highest BCUT2D eigenvalue weighted by molar-refractivity contribution is 5.80. The highest BCUT2D eigenvalue weighted by atomic mass is 19.4. The van der Waals surface area contributed by atoms with Gasteiger partial charge in [-0.05, 0) is 19.3 Å². The van der Waals surface area contributed by atoms with Crippen LogP contribution in [0.25, 0.3) is 0 Å². The summed E-state index contributed by atoms with van der Waals surface area (Å²) in [7, 11) is 0. The Hall–Kier alpha value is -1.47. The van der Waals surface area contributed by atoms with Gasteiger partial charge in [0.2, 0.25) is 0 Å². The molecule has 116 valence electrons. The van der Waals surface area contributed by atoms with E-state index in [1.54, 1.807) is 0 Å². The minimum Gasteiger partial charge on any atom is -0.480 e. The molecule has 0 spiro atoms. The molecule has 0 aromatic heterocycles. The number of hydrogen-bond acceptors (Lipinski definition) is 2. The third-order valence-corrected chi connectivity index (χ3v) is 3.25. The molecule has 0 radical (unpaired) electrons. The highest BCUT2D eigenvalue weighted by Gasteiger charge is 2.29. The Balaban J connectivity index is 2.40. The van der Waals surface area contributed by atoms with E-state index in [9.17, 15) is 22.8 Å². The zero-order valence-electron chi connectivity index (χ0n) is 11.1. The Labute approximate surface area is 115 Å². The molecular weight excluding hydrogens is 277 g/mol. The van der Waals surface area contributed by atoms with Crippen LogP contribution in [-0.4, -0.2) is 47.3 Å². The van der Waals surface area contributed by atoms with Crippen LogP contribution in [0.5, 0.6) is 0 Å². The predicted molar refractivity (Wildman–Crippen MR) is 65.3 cm³/mol. The lowest BCUT2D eigenvalue weighted by molar-refractivity contribution is -0.138. The van der Waals surface area contributed by atoms with Gasteiger partial charge in [-0.2, -0.15) is 13.2 Å². The molecule has 0 saturated heterocycles. The molecule has 0 bridgehead atoms. The fourth-order valence-electron chi connectivity index (χ4n) is 2.31. The number of carbonyl (C=O) groups excluding carboxylic acids is 1. The molecule has 1 rings (SSSR count). The SMILES string of the molecule is O=C(O)CN(C(=O)NCCCC(F)(F)F)C1CCCC1. The van der Waals surface area contributed by atoms with Crippen molar-refractivity contribution < 1.29 is 27.9 Å². The number of amides is 2. The fraction of sp³-hybridized carbons (Fsp3) is 0.833. The van der Waals surface area contributed by atoms with E-state index in [1.165, 1.54) is 4.90 Å². The molecule has 0 aliphatic heterocycles. The van der Waals surface area contributed by atoms with Gasteiger partial charge in [0.1, 0.15) is 6.54 Å². The number of carbonyl (C=O) groups is 2. The van der Waals surface area contributed by atoms with E-state index in [2.05, 4.69) is 5.32 Å². The summed E-state index contributed by atoms with van der Waals surface area (Å²) in [6.07, 6.45) is -2.07. The van der Waals surface area contributed by atoms with Crippen LogP contribution in [0.4, 0.5) is 18.0 Å². The number of alkyl halides is 3. The normalized spacial score (nSPS) is 16.1. The number of halogens is 3. The van der Waals surface area contributed by atoms with Gasteiger partial charge in [-0.15, -0.1) is 0 Å². The number of nitrogens with one attached hydrogen (secondary N) is 1. The summed E-state index contributed by atoms with van der Waals surface area (Å²) in [5.41, 5.74) is 0. The lowest BCUT2D eigenvalue weighted by Crippen LogP contribution is -2.47. The molecule has 2 amide bonds. The summed E-state index contributed by atoms with van der Waals surface area (Å²) >= 11 is 0. The zero-order valence-corrected chi connectivity index (χ0v) is 11.1. The highest BCUT2D eigenvalue weighted by Crippen LogP contribution is 2.23. The number of rotatable bonds is 6. The lowest BCUT2D eigenvalue weighted by Gasteiger charge is -2.27. The molecule has 1 aliphatic rings. The largest absolute Gasteiger partial charge is 0.480 e. The molecule has 20 heavy (non-hydrogen) atoms. The molecule has 0 unspecified atom stereocenters. The van der Waals surface area contributed by atoms with Gasteiger partial charge >= 0.3 is 18.2 Å². The molecule has 2 N–H and O–H groups in total. The van der Waals surface area contributed by atoms with Crippen LogP contribution in [0.2, 0.25) is 0 Å². The van der Waals surface area contributed by atoms with E-state index in [0.29, 0.717) is 0 Å². The van der Waals surface area contributed by atoms with Crippen LogP contribution >= 0.6 is 0 Å². The second-order valence-corrected chi connectivity index (χ2v) is 4.91. The molecule has 0 heterocycles. The Kier molecular flexibility index (Phi) is 6.09. The van der Waals surface area contributed by atoms with Crippen molar-refractivity contribution in [3.05, 3.63) is 0 Å². The first kappa shape index (κ1) is 16.6. The van der Waals surface area contributed by atoms with E-state index >= 15 is 0 Å². The van der Waals surface area contributed by atoms with E-state index in [4.69, 9.17) is 5.11 Å². The third kappa shape index (κ3) is 6.12. The maximum absolute atomic E-state index is 12.0. The average molecular weight is 296 g/mol. The lowest BCUT2D eigenvalue weighted by atomic mass is 10.2. The van der Waals surface area contributed by atoms with Gasteiger partial charge in [0.15, 0.2) is 0 Å². The van der Waals surface area contributed by atoms with Crippen molar-refractivity contribution in [1.82, 2.24) is 10.2 Å². The first-order valence-corrected chi connectivity index (χ1v) is 6.62. The average Bonchev–Trinajstić information content (AvgIpc) is 2.83. The van der Waals surface area contributed by atoms with Crippen LogP contribution in [0.1, 0.15) is 38.5 Å². The number of carboxylic acids is 1. The molecule has 8 heteroatoms. The van der Waals surface area contributed by atoms with Crippen LogP contribution < -0.4 is 5.32 Å². The summed E-state index contributed by atoms with van der Waals surface area (Å²) in [6, 6.07) is -0.727. The van der Waals surface area contributed by atoms with Crippen molar-refractivity contribution >= 4 is 12.0 Å². The Morgan fingerprint density at radius 2 is 1.85 bits per heavy atom. The van der Waals surface area contributed by atoms with Crippen molar-refractivity contribution in [3.8, 4) is 0 Å². The predicted octanol–water partition coefficient (Wildman–Crippen LogP) is 2.37. The zero-order chi connectivity index (χ0) is 15.2. The molecule has 0 atom stereocenters. The summed E-state index contributed by atoms with van der Waals surface area (Å²) in [5, 5.41) is 11.2. The summed E-state index contributed by atoms with van der Waals surface area (Å²) in [5.74, 6) is -1.12. The fourth-order valence-corrected chi connectivity index (χ4v) is 2.31. The molecule has 1 aliphatic carbocycles. The van der Waals surface area contributed by atoms with E-state index in [-0.39, 0.29) is 19.0 Å². The topological polar surface area (TPSA) is 69.6 Å². The molecule has 0 aromatic rings. The van der Waals surface area contributed by atoms with Crippen LogP contribution in [-0.2, 0) is 4.79 Å². The van der Waals surface area contributed by atoms with E-state index in [1.807, 2.05) is 0 Å². The Bertz CT molecular complexity index is 341. The second kappa shape index (κ2) is 7.35. The van der Waals surface area contributed by atoms with Gasteiger partial charge in [0.25, 0.3) is 0 Å². The van der Waals surface area contributed by atoms with Gasteiger partial charge in [-0.1, -0.05) is 12.8 Å². The van der Waals surface area contributed by atoms with Crippen LogP contribution in [0, 0.1) is 0 Å². The smallest absolute Gasteiger partial charge is 0.389 e. The molecular formula is C12H19F3N2O3. The molecule has 0 aromatic carbocycles. The number of hydrogen-bond donors (Lipinski definition) is 2. The maximum Gasteiger partial charge on any atom is 0.389 e. The Morgan fingerprint density at radius 3 is 2.35 bits per heavy atom. The van der Waals surface area contributed by atoms with Crippen molar-refractivity contribution in [2.24, 2.45) is 0 Å². The van der Waals surface area contributed by atoms with Crippen LogP contribution in [0.3, 0.4) is 0 Å². The number of nitrogens with zero attached hydrogens (tertiary/aromatic N) is 1. The molecule has 5 nitrogen and oxygen atoms in total. The van der Waals surface area contributed by atoms with Crippen molar-refractivity contribution in [2.75, 3.05) is 13.1 Å². The van der Waals surface area contributed by atoms with Crippen molar-refractivity contribution in [3.63, 3.8) is 0 Å². The van der Waals surface area contributed by atoms with Crippen LogP contribution in [0.15, 0.2) is 0 Å². The molecule has 1 fully saturated rings. The van der Waals surface area contributed by atoms with Gasteiger partial charge in [-0.3, -0.25) is 4.79 Å². The second-order valence-electron chi connectivity index (χ2n) is 4.91. The first-order chi connectivity index (χ1) is 9.29. The summed E-state index contributed by atoms with van der Waals surface area (Å²) in [4.78, 5) is 23.8. The summed E-state index contributed by atoms with van der Waals surface area (Å²) in [6.45, 7) is -0.531. The molecule has 1 saturated carbocycles. The minimum atomic E-state index is -4.24. The van der Waals surface area contributed by atoms with Crippen molar-refractivity contribution in [1.29, 1.82) is 0 Å². The van der Waals surface area contributed by atoms with Gasteiger partial charge < -0.3 is 15.3 Å². The van der Waals surface area contributed by atoms with Gasteiger partial charge in [0, 0.05) is 19.0 Å². The number of carboxylic acid groups (broad SMARTS) is 1. The van der Waals surface area contributed by atoms with E-state index in [0.717, 1.165) is 25.7 Å². The monoisotopic (exact) mass is 296 g/mol. The third-order valence-electron chi connectivity index (χ3n) is 3.25. The summed E-state index contributed by atoms with van der Waals surface area (Å²) < 4.78 is 35.9. The maximum atomic E-state index is 12.0. The minimum absolute atomic E-state index is 0.110. The number of urea groups is 1. The number of aliphatic carboxylic acids is 1. The standard InChI is InChI=1S/C12H19F3N2O3/c13-12(14,15)6-3-7-16-11(20)17(8-10(18)19)9-4-1-2-5-9/h9H,1-8H2,(H,16,20)(H,18,19). The van der Waals surface area contributed by atoms with Crippen molar-refractivity contribution in [2.45, 2.75) is 50.7 Å². The van der Waals surface area contributed by atoms with E-state index < -0.39 is 31.1 Å². The van der Waals surface area contributed by atoms with Gasteiger partial charge in [-0.25, -0.2) is 4.79 Å². The first-order valence-electron chi connectivity index (χ1n) is 6.62. The quantitative estimate of drug-likeness (QED) is 0.739.